The smallest absolute Gasteiger partial charge is 0.306 e. The number of carbonyl (C=O) groups is 2. The maximum absolute atomic E-state index is 11.6. The summed E-state index contributed by atoms with van der Waals surface area (Å²) in [6.45, 7) is 0.654. The minimum Gasteiger partial charge on any atom is -0.494 e. The van der Waals surface area contributed by atoms with Crippen molar-refractivity contribution >= 4 is 11.9 Å². The van der Waals surface area contributed by atoms with E-state index in [1.807, 2.05) is 30.3 Å². The van der Waals surface area contributed by atoms with Crippen LogP contribution in [-0.4, -0.2) is 43.3 Å². The van der Waals surface area contributed by atoms with E-state index < -0.39 is 12.1 Å². The molecular formula is C15H21NO5. The van der Waals surface area contributed by atoms with E-state index in [-0.39, 0.29) is 18.9 Å². The van der Waals surface area contributed by atoms with E-state index in [2.05, 4.69) is 5.32 Å². The zero-order valence-corrected chi connectivity index (χ0v) is 12.1. The lowest BCUT2D eigenvalue weighted by molar-refractivity contribution is -0.140. The summed E-state index contributed by atoms with van der Waals surface area (Å²) in [4.78, 5) is 22.1. The zero-order valence-electron chi connectivity index (χ0n) is 12.1. The first-order valence-electron chi connectivity index (χ1n) is 6.81. The van der Waals surface area contributed by atoms with Crippen LogP contribution in [0.15, 0.2) is 30.3 Å². The topological polar surface area (TPSA) is 84.9 Å². The predicted molar refractivity (Wildman–Crippen MR) is 77.2 cm³/mol. The molecule has 2 N–H and O–H groups in total. The van der Waals surface area contributed by atoms with Crippen LogP contribution in [-0.2, 0) is 14.3 Å². The number of hydrogen-bond acceptors (Lipinski definition) is 4. The van der Waals surface area contributed by atoms with Crippen LogP contribution < -0.4 is 10.1 Å². The second kappa shape index (κ2) is 9.77. The van der Waals surface area contributed by atoms with Gasteiger partial charge in [-0.1, -0.05) is 18.2 Å². The summed E-state index contributed by atoms with van der Waals surface area (Å²) in [7, 11) is 1.42. The van der Waals surface area contributed by atoms with Gasteiger partial charge in [0.05, 0.1) is 19.1 Å². The molecule has 6 heteroatoms. The van der Waals surface area contributed by atoms with E-state index in [1.54, 1.807) is 0 Å². The number of nitrogens with one attached hydrogen (secondary N) is 1. The van der Waals surface area contributed by atoms with Crippen molar-refractivity contribution in [3.63, 3.8) is 0 Å². The number of aliphatic carboxylic acids is 1. The Balaban J connectivity index is 2.12. The number of rotatable bonds is 10. The van der Waals surface area contributed by atoms with Crippen LogP contribution in [0.1, 0.15) is 19.3 Å². The van der Waals surface area contributed by atoms with Gasteiger partial charge in [0, 0.05) is 20.1 Å². The molecule has 0 aromatic heterocycles. The first-order chi connectivity index (χ1) is 10.1. The number of ether oxygens (including phenoxy) is 2. The number of hydrogen-bond donors (Lipinski definition) is 2. The highest BCUT2D eigenvalue weighted by atomic mass is 16.5. The molecule has 0 fully saturated rings. The lowest BCUT2D eigenvalue weighted by Crippen LogP contribution is -2.34. The summed E-state index contributed by atoms with van der Waals surface area (Å²) in [5.74, 6) is -0.315. The predicted octanol–water partition coefficient (Wildman–Crippen LogP) is 1.45. The molecule has 1 amide bonds. The second-order valence-electron chi connectivity index (χ2n) is 4.52. The Morgan fingerprint density at radius 2 is 2.00 bits per heavy atom. The molecular weight excluding hydrogens is 274 g/mol. The number of carboxylic acid groups (broad SMARTS) is 1. The lowest BCUT2D eigenvalue weighted by atomic mass is 10.2. The van der Waals surface area contributed by atoms with Gasteiger partial charge in [-0.3, -0.25) is 9.59 Å². The fraction of sp³-hybridized carbons (Fsp3) is 0.467. The van der Waals surface area contributed by atoms with Gasteiger partial charge in [-0.15, -0.1) is 0 Å². The highest BCUT2D eigenvalue weighted by molar-refractivity contribution is 5.76. The van der Waals surface area contributed by atoms with Gasteiger partial charge in [0.15, 0.2) is 0 Å². The van der Waals surface area contributed by atoms with Crippen molar-refractivity contribution in [3.8, 4) is 5.75 Å². The maximum atomic E-state index is 11.6. The number of amides is 1. The standard InChI is InChI=1S/C15H21NO5/c1-20-13(10-15(18)19)11-16-14(17)8-5-9-21-12-6-3-2-4-7-12/h2-4,6-7,13H,5,8-11H2,1H3,(H,16,17)(H,18,19). The van der Waals surface area contributed by atoms with E-state index in [0.29, 0.717) is 19.4 Å². The molecule has 0 bridgehead atoms. The summed E-state index contributed by atoms with van der Waals surface area (Å²) in [6.07, 6.45) is 0.286. The summed E-state index contributed by atoms with van der Waals surface area (Å²) < 4.78 is 10.4. The van der Waals surface area contributed by atoms with Crippen LogP contribution in [0, 0.1) is 0 Å². The Kier molecular flexibility index (Phi) is 7.89. The van der Waals surface area contributed by atoms with Crippen molar-refractivity contribution in [2.45, 2.75) is 25.4 Å². The summed E-state index contributed by atoms with van der Waals surface area (Å²) in [5, 5.41) is 11.3. The van der Waals surface area contributed by atoms with Crippen molar-refractivity contribution in [1.82, 2.24) is 5.32 Å². The van der Waals surface area contributed by atoms with Gasteiger partial charge in [-0.25, -0.2) is 0 Å². The quantitative estimate of drug-likeness (QED) is 0.638. The maximum Gasteiger partial charge on any atom is 0.306 e. The van der Waals surface area contributed by atoms with Crippen molar-refractivity contribution in [2.75, 3.05) is 20.3 Å². The molecule has 116 valence electrons. The third-order valence-corrected chi connectivity index (χ3v) is 2.82. The normalized spacial score (nSPS) is 11.7. The SMILES string of the molecule is COC(CNC(=O)CCCOc1ccccc1)CC(=O)O. The number of carbonyl (C=O) groups excluding carboxylic acids is 1. The molecule has 1 rings (SSSR count). The Bertz CT molecular complexity index is 435. The molecule has 1 unspecified atom stereocenters. The van der Waals surface area contributed by atoms with E-state index in [1.165, 1.54) is 7.11 Å². The first kappa shape index (κ1) is 17.0. The molecule has 0 aliphatic carbocycles. The van der Waals surface area contributed by atoms with Crippen LogP contribution >= 0.6 is 0 Å². The second-order valence-corrected chi connectivity index (χ2v) is 4.52. The van der Waals surface area contributed by atoms with Gasteiger partial charge in [0.2, 0.25) is 5.91 Å². The highest BCUT2D eigenvalue weighted by Gasteiger charge is 2.13. The van der Waals surface area contributed by atoms with Crippen LogP contribution in [0.5, 0.6) is 5.75 Å². The van der Waals surface area contributed by atoms with Gasteiger partial charge in [-0.05, 0) is 18.6 Å². The number of para-hydroxylation sites is 1. The molecule has 0 spiro atoms. The van der Waals surface area contributed by atoms with Crippen molar-refractivity contribution in [1.29, 1.82) is 0 Å². The van der Waals surface area contributed by atoms with Crippen LogP contribution in [0.2, 0.25) is 0 Å². The van der Waals surface area contributed by atoms with E-state index in [4.69, 9.17) is 14.6 Å². The summed E-state index contributed by atoms with van der Waals surface area (Å²) in [5.41, 5.74) is 0. The van der Waals surface area contributed by atoms with Crippen LogP contribution in [0.25, 0.3) is 0 Å². The Labute approximate surface area is 124 Å². The fourth-order valence-electron chi connectivity index (χ4n) is 1.69. The third kappa shape index (κ3) is 7.94. The molecule has 0 aliphatic rings. The van der Waals surface area contributed by atoms with Crippen molar-refractivity contribution in [2.24, 2.45) is 0 Å². The van der Waals surface area contributed by atoms with E-state index in [0.717, 1.165) is 5.75 Å². The van der Waals surface area contributed by atoms with Crippen molar-refractivity contribution < 1.29 is 24.2 Å². The van der Waals surface area contributed by atoms with Gasteiger partial charge in [-0.2, -0.15) is 0 Å². The number of methoxy groups -OCH3 is 1. The van der Waals surface area contributed by atoms with Crippen LogP contribution in [0.3, 0.4) is 0 Å². The molecule has 0 heterocycles. The van der Waals surface area contributed by atoms with Crippen LogP contribution in [0.4, 0.5) is 0 Å². The van der Waals surface area contributed by atoms with Gasteiger partial charge in [0.1, 0.15) is 5.75 Å². The molecule has 1 aromatic rings. The molecule has 6 nitrogen and oxygen atoms in total. The number of carboxylic acids is 1. The molecule has 0 aliphatic heterocycles. The van der Waals surface area contributed by atoms with Gasteiger partial charge >= 0.3 is 5.97 Å². The minimum atomic E-state index is -0.952. The largest absolute Gasteiger partial charge is 0.494 e. The number of benzene rings is 1. The van der Waals surface area contributed by atoms with E-state index >= 15 is 0 Å². The van der Waals surface area contributed by atoms with E-state index in [9.17, 15) is 9.59 Å². The summed E-state index contributed by atoms with van der Waals surface area (Å²) >= 11 is 0. The zero-order chi connectivity index (χ0) is 15.5. The average molecular weight is 295 g/mol. The molecule has 0 saturated carbocycles. The Morgan fingerprint density at radius 1 is 1.29 bits per heavy atom. The molecule has 21 heavy (non-hydrogen) atoms. The third-order valence-electron chi connectivity index (χ3n) is 2.82. The van der Waals surface area contributed by atoms with Gasteiger partial charge in [0.25, 0.3) is 0 Å². The van der Waals surface area contributed by atoms with Gasteiger partial charge < -0.3 is 19.9 Å². The fourth-order valence-corrected chi connectivity index (χ4v) is 1.69. The highest BCUT2D eigenvalue weighted by Crippen LogP contribution is 2.08. The first-order valence-corrected chi connectivity index (χ1v) is 6.81. The molecule has 1 aromatic carbocycles. The molecule has 0 radical (unpaired) electrons. The Morgan fingerprint density at radius 3 is 2.62 bits per heavy atom. The summed E-state index contributed by atoms with van der Waals surface area (Å²) in [6, 6.07) is 9.39. The Hall–Kier alpha value is -2.08. The lowest BCUT2D eigenvalue weighted by Gasteiger charge is -2.14. The molecule has 1 atom stereocenters. The van der Waals surface area contributed by atoms with Crippen molar-refractivity contribution in [3.05, 3.63) is 30.3 Å². The monoisotopic (exact) mass is 295 g/mol. The average Bonchev–Trinajstić information content (AvgIpc) is 2.48. The minimum absolute atomic E-state index is 0.131. The molecule has 0 saturated heterocycles.